The lowest BCUT2D eigenvalue weighted by atomic mass is 10.6. The van der Waals surface area contributed by atoms with Gasteiger partial charge in [0.15, 0.2) is 0 Å². The molecule has 6 nitrogen and oxygen atoms in total. The number of halogens is 3. The van der Waals surface area contributed by atoms with E-state index in [-0.39, 0.29) is 26.4 Å². The van der Waals surface area contributed by atoms with E-state index in [1.807, 2.05) is 0 Å². The maximum atomic E-state index is 11.0. The summed E-state index contributed by atoms with van der Waals surface area (Å²) in [5.74, 6) is 0. The van der Waals surface area contributed by atoms with Gasteiger partial charge in [0.2, 0.25) is 3.79 Å². The average molecular weight is 325 g/mol. The van der Waals surface area contributed by atoms with E-state index < -0.39 is 9.89 Å². The Hall–Kier alpha value is 0.0200. The monoisotopic (exact) mass is 323 g/mol. The van der Waals surface area contributed by atoms with E-state index in [0.717, 1.165) is 0 Å². The molecule has 0 aliphatic heterocycles. The van der Waals surface area contributed by atoms with Crippen LogP contribution in [0.3, 0.4) is 0 Å². The number of amides is 1. The molecule has 0 spiro atoms. The molecule has 0 heterocycles. The van der Waals surface area contributed by atoms with E-state index in [1.54, 1.807) is 0 Å². The molecule has 0 saturated carbocycles. The van der Waals surface area contributed by atoms with Crippen molar-refractivity contribution in [2.45, 2.75) is 3.79 Å². The normalized spacial score (nSPS) is 11.3. The highest BCUT2D eigenvalue weighted by molar-refractivity contribution is 6.67. The number of hydrogen-bond acceptors (Lipinski definition) is 5. The highest BCUT2D eigenvalue weighted by Gasteiger charge is 2.21. The Labute approximate surface area is 120 Å². The fourth-order valence-corrected chi connectivity index (χ4v) is 0.974. The molecule has 108 valence electrons. The van der Waals surface area contributed by atoms with Gasteiger partial charge in [-0.15, -0.1) is 0 Å². The maximum absolute atomic E-state index is 11.0. The van der Waals surface area contributed by atoms with Gasteiger partial charge in [-0.2, -0.15) is 0 Å². The summed E-state index contributed by atoms with van der Waals surface area (Å²) in [6.45, 7) is 1.30. The second kappa shape index (κ2) is 10.9. The lowest BCUT2D eigenvalue weighted by Gasteiger charge is -2.12. The van der Waals surface area contributed by atoms with Gasteiger partial charge in [0.25, 0.3) is 0 Å². The first-order valence-corrected chi connectivity index (χ1v) is 6.33. The number of ether oxygens (including phenoxy) is 3. The molecular formula is C9H16Cl3NO5. The maximum Gasteiger partial charge on any atom is 0.407 e. The van der Waals surface area contributed by atoms with Crippen molar-refractivity contribution in [1.29, 1.82) is 0 Å². The van der Waals surface area contributed by atoms with E-state index in [0.29, 0.717) is 19.8 Å². The van der Waals surface area contributed by atoms with E-state index in [9.17, 15) is 4.79 Å². The third-order valence-electron chi connectivity index (χ3n) is 1.49. The van der Waals surface area contributed by atoms with E-state index in [2.05, 4.69) is 10.1 Å². The summed E-state index contributed by atoms with van der Waals surface area (Å²) in [4.78, 5) is 11.0. The Kier molecular flexibility index (Phi) is 10.9. The van der Waals surface area contributed by atoms with Gasteiger partial charge in [-0.3, -0.25) is 0 Å². The Morgan fingerprint density at radius 1 is 1.11 bits per heavy atom. The Balaban J connectivity index is 3.25. The molecule has 0 fully saturated rings. The molecule has 0 radical (unpaired) electrons. The quantitative estimate of drug-likeness (QED) is 0.491. The van der Waals surface area contributed by atoms with Gasteiger partial charge in [-0.25, -0.2) is 4.79 Å². The number of nitrogens with one attached hydrogen (secondary N) is 1. The largest absolute Gasteiger partial charge is 0.445 e. The van der Waals surface area contributed by atoms with Crippen LogP contribution in [-0.4, -0.2) is 61.2 Å². The number of hydrogen-bond donors (Lipinski definition) is 2. The first-order valence-electron chi connectivity index (χ1n) is 5.19. The summed E-state index contributed by atoms with van der Waals surface area (Å²) in [6.07, 6.45) is -0.679. The van der Waals surface area contributed by atoms with Crippen LogP contribution in [0.2, 0.25) is 0 Å². The van der Waals surface area contributed by atoms with Crippen LogP contribution in [0, 0.1) is 0 Å². The van der Waals surface area contributed by atoms with Gasteiger partial charge in [0.1, 0.15) is 6.61 Å². The van der Waals surface area contributed by atoms with Crippen LogP contribution < -0.4 is 5.32 Å². The van der Waals surface area contributed by atoms with Gasteiger partial charge >= 0.3 is 6.09 Å². The molecule has 0 aromatic carbocycles. The predicted molar refractivity (Wildman–Crippen MR) is 68.4 cm³/mol. The minimum atomic E-state index is -1.61. The molecule has 18 heavy (non-hydrogen) atoms. The van der Waals surface area contributed by atoms with Crippen LogP contribution in [0.15, 0.2) is 0 Å². The predicted octanol–water partition coefficient (Wildman–Crippen LogP) is 1.11. The molecule has 9 heteroatoms. The first-order chi connectivity index (χ1) is 8.45. The number of alkyl halides is 3. The summed E-state index contributed by atoms with van der Waals surface area (Å²) in [6, 6.07) is 0. The molecule has 0 aromatic rings. The minimum absolute atomic E-state index is 0.0173. The van der Waals surface area contributed by atoms with Crippen molar-refractivity contribution in [1.82, 2.24) is 5.32 Å². The number of aliphatic hydroxyl groups is 1. The zero-order chi connectivity index (χ0) is 13.9. The minimum Gasteiger partial charge on any atom is -0.445 e. The third-order valence-corrected chi connectivity index (χ3v) is 1.82. The summed E-state index contributed by atoms with van der Waals surface area (Å²) in [7, 11) is 0. The van der Waals surface area contributed by atoms with Crippen LogP contribution in [0.25, 0.3) is 0 Å². The summed E-state index contributed by atoms with van der Waals surface area (Å²) >= 11 is 16.2. The second-order valence-corrected chi connectivity index (χ2v) is 5.58. The molecule has 2 N–H and O–H groups in total. The lowest BCUT2D eigenvalue weighted by Crippen LogP contribution is -2.30. The SMILES string of the molecule is O=C(NCCOCCOCCO)OCC(Cl)(Cl)Cl. The number of aliphatic hydroxyl groups excluding tert-OH is 1. The van der Waals surface area contributed by atoms with Crippen LogP contribution >= 0.6 is 34.8 Å². The molecule has 0 aliphatic rings. The van der Waals surface area contributed by atoms with Gasteiger partial charge in [0.05, 0.1) is 33.0 Å². The standard InChI is InChI=1S/C9H16Cl3NO5/c10-9(11,12)7-18-8(15)13-1-3-16-5-6-17-4-2-14/h14H,1-7H2,(H,13,15). The molecule has 0 atom stereocenters. The van der Waals surface area contributed by atoms with Crippen molar-refractivity contribution in [2.24, 2.45) is 0 Å². The molecule has 1 amide bonds. The zero-order valence-electron chi connectivity index (χ0n) is 9.66. The molecule has 0 aliphatic carbocycles. The Bertz CT molecular complexity index is 225. The fraction of sp³-hybridized carbons (Fsp3) is 0.889. The van der Waals surface area contributed by atoms with Gasteiger partial charge in [0, 0.05) is 6.54 Å². The highest BCUT2D eigenvalue weighted by Crippen LogP contribution is 2.25. The van der Waals surface area contributed by atoms with Gasteiger partial charge in [-0.1, -0.05) is 34.8 Å². The van der Waals surface area contributed by atoms with Crippen LogP contribution in [0.5, 0.6) is 0 Å². The summed E-state index contributed by atoms with van der Waals surface area (Å²) in [5.41, 5.74) is 0. The molecule has 0 aromatic heterocycles. The molecular weight excluding hydrogens is 308 g/mol. The number of carbonyl (C=O) groups is 1. The molecule has 0 unspecified atom stereocenters. The zero-order valence-corrected chi connectivity index (χ0v) is 11.9. The lowest BCUT2D eigenvalue weighted by molar-refractivity contribution is 0.0338. The molecule has 0 bridgehead atoms. The topological polar surface area (TPSA) is 77.0 Å². The van der Waals surface area contributed by atoms with E-state index >= 15 is 0 Å². The Morgan fingerprint density at radius 2 is 1.72 bits per heavy atom. The third kappa shape index (κ3) is 14.1. The van der Waals surface area contributed by atoms with Gasteiger partial charge in [-0.05, 0) is 0 Å². The highest BCUT2D eigenvalue weighted by atomic mass is 35.6. The van der Waals surface area contributed by atoms with Crippen LogP contribution in [-0.2, 0) is 14.2 Å². The Morgan fingerprint density at radius 3 is 2.28 bits per heavy atom. The number of alkyl carbamates (subject to hydrolysis) is 1. The number of carbonyl (C=O) groups excluding carboxylic acids is 1. The fourth-order valence-electron chi connectivity index (χ4n) is 0.810. The van der Waals surface area contributed by atoms with Crippen molar-refractivity contribution in [3.8, 4) is 0 Å². The van der Waals surface area contributed by atoms with Gasteiger partial charge < -0.3 is 24.6 Å². The van der Waals surface area contributed by atoms with Crippen molar-refractivity contribution in [2.75, 3.05) is 46.2 Å². The van der Waals surface area contributed by atoms with E-state index in [1.165, 1.54) is 0 Å². The average Bonchev–Trinajstić information content (AvgIpc) is 2.29. The summed E-state index contributed by atoms with van der Waals surface area (Å²) < 4.78 is 13.1. The molecule has 0 saturated heterocycles. The first kappa shape index (κ1) is 18.0. The van der Waals surface area contributed by atoms with Crippen molar-refractivity contribution < 1.29 is 24.1 Å². The summed E-state index contributed by atoms with van der Waals surface area (Å²) in [5, 5.41) is 10.8. The van der Waals surface area contributed by atoms with E-state index in [4.69, 9.17) is 49.4 Å². The number of rotatable bonds is 9. The second-order valence-electron chi connectivity index (χ2n) is 3.07. The van der Waals surface area contributed by atoms with Crippen LogP contribution in [0.4, 0.5) is 4.79 Å². The van der Waals surface area contributed by atoms with Crippen LogP contribution in [0.1, 0.15) is 0 Å². The van der Waals surface area contributed by atoms with Crippen molar-refractivity contribution in [3.63, 3.8) is 0 Å². The molecule has 0 rings (SSSR count). The van der Waals surface area contributed by atoms with Crippen molar-refractivity contribution in [3.05, 3.63) is 0 Å². The van der Waals surface area contributed by atoms with Crippen molar-refractivity contribution >= 4 is 40.9 Å². The smallest absolute Gasteiger partial charge is 0.407 e.